The maximum atomic E-state index is 11.2. The Labute approximate surface area is 96.4 Å². The Morgan fingerprint density at radius 1 is 1.18 bits per heavy atom. The van der Waals surface area contributed by atoms with Crippen LogP contribution in [0, 0.1) is 11.8 Å². The normalized spacial score (nSPS) is 8.71. The van der Waals surface area contributed by atoms with Gasteiger partial charge in [-0.15, -0.1) is 0 Å². The lowest BCUT2D eigenvalue weighted by molar-refractivity contribution is -0.130. The van der Waals surface area contributed by atoms with Crippen LogP contribution in [0.3, 0.4) is 0 Å². The van der Waals surface area contributed by atoms with E-state index in [1.807, 2.05) is 5.92 Å². The van der Waals surface area contributed by atoms with Crippen LogP contribution in [0.25, 0.3) is 0 Å². The van der Waals surface area contributed by atoms with Gasteiger partial charge in [-0.2, -0.15) is 0 Å². The van der Waals surface area contributed by atoms with Crippen molar-refractivity contribution in [1.29, 1.82) is 0 Å². The molecule has 4 N–H and O–H groups in total. The zero-order valence-electron chi connectivity index (χ0n) is 8.56. The molecule has 0 atom stereocenters. The van der Waals surface area contributed by atoms with Crippen LogP contribution in [0.15, 0.2) is 24.3 Å². The number of anilines is 1. The number of aliphatic carboxylic acids is 1. The number of carbonyl (C=O) groups is 3. The van der Waals surface area contributed by atoms with Gasteiger partial charge >= 0.3 is 11.9 Å². The number of hydrogen-bond acceptors (Lipinski definition) is 3. The van der Waals surface area contributed by atoms with Gasteiger partial charge in [0, 0.05) is 11.8 Å². The number of rotatable bonds is 2. The van der Waals surface area contributed by atoms with Gasteiger partial charge in [0.15, 0.2) is 0 Å². The molecule has 0 radical (unpaired) electrons. The number of nitrogens with two attached hydrogens (primary N) is 1. The molecule has 1 aromatic carbocycles. The average Bonchev–Trinajstić information content (AvgIpc) is 2.27. The molecule has 6 nitrogen and oxygen atoms in total. The van der Waals surface area contributed by atoms with Crippen LogP contribution >= 0.6 is 0 Å². The lowest BCUT2D eigenvalue weighted by Crippen LogP contribution is -2.17. The molecule has 6 heteroatoms. The highest BCUT2D eigenvalue weighted by Gasteiger charge is 2.08. The van der Waals surface area contributed by atoms with E-state index in [-0.39, 0.29) is 11.3 Å². The molecule has 0 saturated carbocycles. The second-order valence-electron chi connectivity index (χ2n) is 2.92. The minimum absolute atomic E-state index is 0.123. The number of amides is 2. The number of carboxylic acids is 1. The minimum atomic E-state index is -1.41. The van der Waals surface area contributed by atoms with Gasteiger partial charge in [-0.3, -0.25) is 9.59 Å². The van der Waals surface area contributed by atoms with E-state index in [9.17, 15) is 14.4 Å². The smallest absolute Gasteiger partial charge is 0.382 e. The molecular weight excluding hydrogens is 224 g/mol. The van der Waals surface area contributed by atoms with Crippen LogP contribution in [0.4, 0.5) is 5.69 Å². The molecule has 1 aromatic rings. The molecule has 0 aromatic heterocycles. The average molecular weight is 232 g/mol. The van der Waals surface area contributed by atoms with E-state index >= 15 is 0 Å². The molecule has 0 aliphatic carbocycles. The molecule has 0 heterocycles. The summed E-state index contributed by atoms with van der Waals surface area (Å²) >= 11 is 0. The van der Waals surface area contributed by atoms with Gasteiger partial charge in [-0.05, 0) is 12.1 Å². The highest BCUT2D eigenvalue weighted by atomic mass is 16.4. The van der Waals surface area contributed by atoms with Crippen LogP contribution in [0.1, 0.15) is 10.4 Å². The highest BCUT2D eigenvalue weighted by molar-refractivity contribution is 6.10. The summed E-state index contributed by atoms with van der Waals surface area (Å²) < 4.78 is 0. The third kappa shape index (κ3) is 3.68. The Balaban J connectivity index is 2.90. The minimum Gasteiger partial charge on any atom is -0.472 e. The van der Waals surface area contributed by atoms with Gasteiger partial charge < -0.3 is 16.2 Å². The topological polar surface area (TPSA) is 109 Å². The van der Waals surface area contributed by atoms with E-state index in [0.29, 0.717) is 0 Å². The van der Waals surface area contributed by atoms with Crippen molar-refractivity contribution in [3.05, 3.63) is 29.8 Å². The maximum Gasteiger partial charge on any atom is 0.382 e. The third-order valence-corrected chi connectivity index (χ3v) is 1.72. The lowest BCUT2D eigenvalue weighted by Gasteiger charge is -2.05. The van der Waals surface area contributed by atoms with Crippen molar-refractivity contribution in [2.45, 2.75) is 0 Å². The van der Waals surface area contributed by atoms with E-state index in [1.54, 1.807) is 18.1 Å². The quantitative estimate of drug-likeness (QED) is 0.614. The summed E-state index contributed by atoms with van der Waals surface area (Å²) in [5.41, 5.74) is 5.40. The number of hydrogen-bond donors (Lipinski definition) is 3. The summed E-state index contributed by atoms with van der Waals surface area (Å²) in [6.45, 7) is 0. The number of para-hydroxylation sites is 1. The van der Waals surface area contributed by atoms with E-state index in [2.05, 4.69) is 5.32 Å². The molecule has 86 valence electrons. The van der Waals surface area contributed by atoms with Gasteiger partial charge in [0.1, 0.15) is 0 Å². The van der Waals surface area contributed by atoms with Crippen molar-refractivity contribution in [1.82, 2.24) is 0 Å². The second kappa shape index (κ2) is 5.32. The lowest BCUT2D eigenvalue weighted by atomic mass is 10.1. The molecule has 0 spiro atoms. The Bertz CT molecular complexity index is 540. The number of primary amides is 1. The van der Waals surface area contributed by atoms with Crippen molar-refractivity contribution >= 4 is 23.5 Å². The Kier molecular flexibility index (Phi) is 3.84. The first-order chi connectivity index (χ1) is 8.00. The molecular formula is C11H8N2O4. The van der Waals surface area contributed by atoms with Crippen molar-refractivity contribution in [2.24, 2.45) is 5.73 Å². The van der Waals surface area contributed by atoms with Crippen LogP contribution in [0.2, 0.25) is 0 Å². The summed E-state index contributed by atoms with van der Waals surface area (Å²) in [5, 5.41) is 10.5. The van der Waals surface area contributed by atoms with E-state index < -0.39 is 17.8 Å². The first kappa shape index (κ1) is 12.3. The predicted octanol–water partition coefficient (Wildman–Crippen LogP) is -0.188. The number of carbonyl (C=O) groups excluding carboxylic acids is 2. The Morgan fingerprint density at radius 3 is 2.41 bits per heavy atom. The van der Waals surface area contributed by atoms with Gasteiger partial charge in [0.2, 0.25) is 0 Å². The number of nitrogens with one attached hydrogen (secondary N) is 1. The summed E-state index contributed by atoms with van der Waals surface area (Å²) in [4.78, 5) is 32.3. The number of benzene rings is 1. The third-order valence-electron chi connectivity index (χ3n) is 1.72. The summed E-state index contributed by atoms with van der Waals surface area (Å²) in [6.07, 6.45) is 0. The monoisotopic (exact) mass is 232 g/mol. The Hall–Kier alpha value is -2.81. The zero-order chi connectivity index (χ0) is 12.8. The fraction of sp³-hybridized carbons (Fsp3) is 0. The fourth-order valence-electron chi connectivity index (χ4n) is 1.07. The largest absolute Gasteiger partial charge is 0.472 e. The molecule has 1 rings (SSSR count). The summed E-state index contributed by atoms with van der Waals surface area (Å²) in [6, 6.07) is 6.06. The molecule has 0 aliphatic heterocycles. The molecule has 0 fully saturated rings. The SMILES string of the molecule is NC(=O)c1ccccc1NC(=O)C#CC(=O)O. The molecule has 0 bridgehead atoms. The fourth-order valence-corrected chi connectivity index (χ4v) is 1.07. The number of carboxylic acid groups (broad SMARTS) is 1. The van der Waals surface area contributed by atoms with Crippen LogP contribution in [-0.4, -0.2) is 22.9 Å². The van der Waals surface area contributed by atoms with Crippen molar-refractivity contribution in [3.63, 3.8) is 0 Å². The summed E-state index contributed by atoms with van der Waals surface area (Å²) in [7, 11) is 0. The molecule has 0 unspecified atom stereocenters. The van der Waals surface area contributed by atoms with Gasteiger partial charge in [0.05, 0.1) is 11.3 Å². The second-order valence-corrected chi connectivity index (χ2v) is 2.92. The van der Waals surface area contributed by atoms with Crippen molar-refractivity contribution in [3.8, 4) is 11.8 Å². The van der Waals surface area contributed by atoms with Crippen molar-refractivity contribution in [2.75, 3.05) is 5.32 Å². The molecule has 0 saturated heterocycles. The van der Waals surface area contributed by atoms with Crippen LogP contribution in [0.5, 0.6) is 0 Å². The first-order valence-electron chi connectivity index (χ1n) is 4.45. The maximum absolute atomic E-state index is 11.2. The van der Waals surface area contributed by atoms with E-state index in [0.717, 1.165) is 0 Å². The molecule has 17 heavy (non-hydrogen) atoms. The van der Waals surface area contributed by atoms with Crippen molar-refractivity contribution < 1.29 is 19.5 Å². The predicted molar refractivity (Wildman–Crippen MR) is 59.0 cm³/mol. The van der Waals surface area contributed by atoms with Gasteiger partial charge in [-0.25, -0.2) is 4.79 Å². The van der Waals surface area contributed by atoms with Gasteiger partial charge in [-0.1, -0.05) is 12.1 Å². The van der Waals surface area contributed by atoms with Crippen LogP contribution in [-0.2, 0) is 9.59 Å². The van der Waals surface area contributed by atoms with Gasteiger partial charge in [0.25, 0.3) is 5.91 Å². The van der Waals surface area contributed by atoms with E-state index in [4.69, 9.17) is 10.8 Å². The molecule has 0 aliphatic rings. The summed E-state index contributed by atoms with van der Waals surface area (Å²) in [5.74, 6) is 0.550. The standard InChI is InChI=1S/C11H8N2O4/c12-11(17)7-3-1-2-4-8(7)13-9(14)5-6-10(15)16/h1-4H,(H2,12,17)(H,13,14)(H,15,16). The zero-order valence-corrected chi connectivity index (χ0v) is 8.56. The first-order valence-corrected chi connectivity index (χ1v) is 4.45. The van der Waals surface area contributed by atoms with Crippen LogP contribution < -0.4 is 11.1 Å². The highest BCUT2D eigenvalue weighted by Crippen LogP contribution is 2.13. The molecule has 2 amide bonds. The van der Waals surface area contributed by atoms with E-state index in [1.165, 1.54) is 12.1 Å². The Morgan fingerprint density at radius 2 is 1.82 bits per heavy atom.